The van der Waals surface area contributed by atoms with Crippen LogP contribution in [0.4, 0.5) is 4.79 Å². The van der Waals surface area contributed by atoms with Gasteiger partial charge in [0, 0.05) is 31.2 Å². The predicted octanol–water partition coefficient (Wildman–Crippen LogP) is 1.25. The summed E-state index contributed by atoms with van der Waals surface area (Å²) in [6.07, 6.45) is 4.23. The molecule has 3 heterocycles. The van der Waals surface area contributed by atoms with Gasteiger partial charge in [0.25, 0.3) is 0 Å². The van der Waals surface area contributed by atoms with Crippen molar-refractivity contribution in [2.24, 2.45) is 0 Å². The zero-order valence-corrected chi connectivity index (χ0v) is 12.4. The molecule has 0 spiro atoms. The number of morpholine rings is 1. The molecule has 2 amide bonds. The summed E-state index contributed by atoms with van der Waals surface area (Å²) < 4.78 is 11.0. The number of rotatable bonds is 4. The molecule has 2 fully saturated rings. The quantitative estimate of drug-likeness (QED) is 0.877. The first-order valence-electron chi connectivity index (χ1n) is 7.62. The van der Waals surface area contributed by atoms with E-state index in [-0.39, 0.29) is 12.1 Å². The van der Waals surface area contributed by atoms with Gasteiger partial charge in [-0.3, -0.25) is 4.90 Å². The zero-order valence-electron chi connectivity index (χ0n) is 12.4. The predicted molar refractivity (Wildman–Crippen MR) is 78.0 cm³/mol. The molecular weight excluding hydrogens is 270 g/mol. The molecule has 116 valence electrons. The molecule has 1 aromatic rings. The molecule has 0 unspecified atom stereocenters. The van der Waals surface area contributed by atoms with Gasteiger partial charge in [-0.25, -0.2) is 4.79 Å². The maximum absolute atomic E-state index is 11.8. The number of ether oxygens (including phenoxy) is 1. The van der Waals surface area contributed by atoms with E-state index in [0.717, 1.165) is 31.0 Å². The van der Waals surface area contributed by atoms with Crippen LogP contribution in [0, 0.1) is 6.92 Å². The van der Waals surface area contributed by atoms with E-state index in [1.165, 1.54) is 12.8 Å². The van der Waals surface area contributed by atoms with Gasteiger partial charge in [-0.2, -0.15) is 0 Å². The summed E-state index contributed by atoms with van der Waals surface area (Å²) in [6.45, 7) is 5.80. The first kappa shape index (κ1) is 14.4. The van der Waals surface area contributed by atoms with Crippen LogP contribution in [-0.4, -0.2) is 49.3 Å². The van der Waals surface area contributed by atoms with Crippen molar-refractivity contribution in [2.45, 2.75) is 38.5 Å². The fraction of sp³-hybridized carbons (Fsp3) is 0.667. The van der Waals surface area contributed by atoms with Crippen molar-refractivity contribution in [1.29, 1.82) is 0 Å². The fourth-order valence-corrected chi connectivity index (χ4v) is 3.05. The molecule has 0 aromatic carbocycles. The Morgan fingerprint density at radius 3 is 3.19 bits per heavy atom. The first-order chi connectivity index (χ1) is 10.2. The minimum atomic E-state index is -0.164. The Labute approximate surface area is 124 Å². The first-order valence-corrected chi connectivity index (χ1v) is 7.62. The maximum Gasteiger partial charge on any atom is 0.315 e. The number of urea groups is 1. The topological polar surface area (TPSA) is 66.7 Å². The molecule has 2 N–H and O–H groups in total. The SMILES string of the molecule is Cc1occc1CNC(=O)NC[C@H]1CN2CCC[C@@H]2CO1. The minimum absolute atomic E-state index is 0.0979. The second-order valence-corrected chi connectivity index (χ2v) is 5.81. The molecule has 21 heavy (non-hydrogen) atoms. The van der Waals surface area contributed by atoms with Crippen molar-refractivity contribution < 1.29 is 13.9 Å². The number of aryl methyl sites for hydroxylation is 1. The van der Waals surface area contributed by atoms with Gasteiger partial charge in [-0.05, 0) is 32.4 Å². The molecule has 2 saturated heterocycles. The lowest BCUT2D eigenvalue weighted by atomic mass is 10.2. The van der Waals surface area contributed by atoms with Crippen LogP contribution >= 0.6 is 0 Å². The molecule has 6 nitrogen and oxygen atoms in total. The van der Waals surface area contributed by atoms with Crippen molar-refractivity contribution in [3.63, 3.8) is 0 Å². The maximum atomic E-state index is 11.8. The van der Waals surface area contributed by atoms with Crippen molar-refractivity contribution in [3.05, 3.63) is 23.7 Å². The lowest BCUT2D eigenvalue weighted by Gasteiger charge is -2.35. The van der Waals surface area contributed by atoms with Gasteiger partial charge in [-0.1, -0.05) is 0 Å². The Balaban J connectivity index is 1.37. The van der Waals surface area contributed by atoms with Gasteiger partial charge in [-0.15, -0.1) is 0 Å². The molecular formula is C15H23N3O3. The number of nitrogens with zero attached hydrogens (tertiary/aromatic N) is 1. The van der Waals surface area contributed by atoms with E-state index in [2.05, 4.69) is 15.5 Å². The van der Waals surface area contributed by atoms with Gasteiger partial charge < -0.3 is 19.8 Å². The number of hydrogen-bond donors (Lipinski definition) is 2. The standard InChI is InChI=1S/C15H23N3O3/c1-11-12(4-6-20-11)7-16-15(19)17-8-14-9-18-5-2-3-13(18)10-21-14/h4,6,13-14H,2-3,5,7-10H2,1H3,(H2,16,17,19)/t13-,14+/m1/s1. The number of carbonyl (C=O) groups excluding carboxylic acids is 1. The smallest absolute Gasteiger partial charge is 0.315 e. The highest BCUT2D eigenvalue weighted by atomic mass is 16.5. The molecule has 2 atom stereocenters. The Kier molecular flexibility index (Phi) is 4.45. The Morgan fingerprint density at radius 1 is 1.48 bits per heavy atom. The average molecular weight is 293 g/mol. The molecule has 2 aliphatic rings. The second kappa shape index (κ2) is 6.49. The number of furan rings is 1. The molecule has 3 rings (SSSR count). The van der Waals surface area contributed by atoms with E-state index in [4.69, 9.17) is 9.15 Å². The number of nitrogens with one attached hydrogen (secondary N) is 2. The number of amides is 2. The summed E-state index contributed by atoms with van der Waals surface area (Å²) in [5, 5.41) is 5.71. The normalized spacial score (nSPS) is 25.6. The fourth-order valence-electron chi connectivity index (χ4n) is 3.05. The van der Waals surface area contributed by atoms with Crippen LogP contribution in [0.1, 0.15) is 24.2 Å². The summed E-state index contributed by atoms with van der Waals surface area (Å²) in [4.78, 5) is 14.3. The van der Waals surface area contributed by atoms with Crippen LogP contribution in [0.5, 0.6) is 0 Å². The highest BCUT2D eigenvalue weighted by Crippen LogP contribution is 2.22. The summed E-state index contributed by atoms with van der Waals surface area (Å²) in [7, 11) is 0. The van der Waals surface area contributed by atoms with Crippen LogP contribution in [-0.2, 0) is 11.3 Å². The highest BCUT2D eigenvalue weighted by Gasteiger charge is 2.32. The van der Waals surface area contributed by atoms with E-state index in [9.17, 15) is 4.79 Å². The van der Waals surface area contributed by atoms with Crippen LogP contribution in [0.2, 0.25) is 0 Å². The molecule has 0 aliphatic carbocycles. The Bertz CT molecular complexity index is 488. The van der Waals surface area contributed by atoms with Gasteiger partial charge in [0.1, 0.15) is 5.76 Å². The van der Waals surface area contributed by atoms with Crippen LogP contribution < -0.4 is 10.6 Å². The van der Waals surface area contributed by atoms with Crippen LogP contribution in [0.25, 0.3) is 0 Å². The Morgan fingerprint density at radius 2 is 2.38 bits per heavy atom. The summed E-state index contributed by atoms with van der Waals surface area (Å²) in [5.41, 5.74) is 0.999. The van der Waals surface area contributed by atoms with Crippen LogP contribution in [0.3, 0.4) is 0 Å². The molecule has 1 aromatic heterocycles. The second-order valence-electron chi connectivity index (χ2n) is 5.81. The molecule has 0 bridgehead atoms. The molecule has 2 aliphatic heterocycles. The zero-order chi connectivity index (χ0) is 14.7. The van der Waals surface area contributed by atoms with Crippen molar-refractivity contribution in [1.82, 2.24) is 15.5 Å². The van der Waals surface area contributed by atoms with Crippen molar-refractivity contribution in [2.75, 3.05) is 26.2 Å². The average Bonchev–Trinajstić information content (AvgIpc) is 3.11. The lowest BCUT2D eigenvalue weighted by molar-refractivity contribution is -0.0457. The number of carbonyl (C=O) groups is 1. The third kappa shape index (κ3) is 3.57. The molecule has 0 saturated carbocycles. The van der Waals surface area contributed by atoms with Gasteiger partial charge in [0.05, 0.1) is 19.0 Å². The molecule has 6 heteroatoms. The van der Waals surface area contributed by atoms with E-state index in [1.54, 1.807) is 6.26 Å². The summed E-state index contributed by atoms with van der Waals surface area (Å²) in [5.74, 6) is 0.839. The van der Waals surface area contributed by atoms with Gasteiger partial charge >= 0.3 is 6.03 Å². The lowest BCUT2D eigenvalue weighted by Crippen LogP contribution is -2.51. The van der Waals surface area contributed by atoms with Crippen molar-refractivity contribution >= 4 is 6.03 Å². The minimum Gasteiger partial charge on any atom is -0.469 e. The third-order valence-corrected chi connectivity index (χ3v) is 4.36. The Hall–Kier alpha value is -1.53. The largest absolute Gasteiger partial charge is 0.469 e. The highest BCUT2D eigenvalue weighted by molar-refractivity contribution is 5.73. The van der Waals surface area contributed by atoms with Crippen LogP contribution in [0.15, 0.2) is 16.7 Å². The van der Waals surface area contributed by atoms with Crippen molar-refractivity contribution in [3.8, 4) is 0 Å². The third-order valence-electron chi connectivity index (χ3n) is 4.36. The molecule has 0 radical (unpaired) electrons. The monoisotopic (exact) mass is 293 g/mol. The number of fused-ring (bicyclic) bond motifs is 1. The summed E-state index contributed by atoms with van der Waals surface area (Å²) >= 11 is 0. The van der Waals surface area contributed by atoms with E-state index >= 15 is 0 Å². The summed E-state index contributed by atoms with van der Waals surface area (Å²) in [6, 6.07) is 2.30. The van der Waals surface area contributed by atoms with Gasteiger partial charge in [0.2, 0.25) is 0 Å². The van der Waals surface area contributed by atoms with Gasteiger partial charge in [0.15, 0.2) is 0 Å². The van der Waals surface area contributed by atoms with E-state index in [1.807, 2.05) is 13.0 Å². The number of hydrogen-bond acceptors (Lipinski definition) is 4. The van der Waals surface area contributed by atoms with E-state index in [0.29, 0.717) is 19.1 Å². The van der Waals surface area contributed by atoms with E-state index < -0.39 is 0 Å².